The van der Waals surface area contributed by atoms with E-state index in [9.17, 15) is 0 Å². The second-order valence-electron chi connectivity index (χ2n) is 15.6. The van der Waals surface area contributed by atoms with Gasteiger partial charge in [0.05, 0.1) is 22.3 Å². The molecule has 2 unspecified atom stereocenters. The van der Waals surface area contributed by atoms with Crippen molar-refractivity contribution in [3.8, 4) is 28.0 Å². The Labute approximate surface area is 315 Å². The first kappa shape index (κ1) is 30.2. The summed E-state index contributed by atoms with van der Waals surface area (Å²) in [7, 11) is 0. The molecule has 0 amide bonds. The summed E-state index contributed by atoms with van der Waals surface area (Å²) in [5.74, 6) is 0.955. The minimum atomic E-state index is -0.312. The highest BCUT2D eigenvalue weighted by molar-refractivity contribution is 6.25. The Kier molecular flexibility index (Phi) is 6.20. The van der Waals surface area contributed by atoms with Gasteiger partial charge in [0.1, 0.15) is 11.9 Å². The lowest BCUT2D eigenvalue weighted by molar-refractivity contribution is 0.228. The van der Waals surface area contributed by atoms with Crippen molar-refractivity contribution in [2.75, 3.05) is 4.90 Å². The predicted octanol–water partition coefficient (Wildman–Crippen LogP) is 13.4. The van der Waals surface area contributed by atoms with Gasteiger partial charge in [0.2, 0.25) is 0 Å². The third kappa shape index (κ3) is 4.02. The molecule has 1 aliphatic heterocycles. The Bertz CT molecular complexity index is 2950. The average molecular weight is 695 g/mol. The monoisotopic (exact) mass is 694 g/mol. The number of anilines is 3. The number of nitrogens with zero attached hydrogens (tertiary/aromatic N) is 2. The van der Waals surface area contributed by atoms with Gasteiger partial charge in [-0.25, -0.2) is 0 Å². The summed E-state index contributed by atoms with van der Waals surface area (Å²) in [6.07, 6.45) is 24.7. The lowest BCUT2D eigenvalue weighted by atomic mass is 9.75. The molecular weight excluding hydrogens is 657 g/mol. The van der Waals surface area contributed by atoms with E-state index in [1.807, 2.05) is 0 Å². The molecule has 0 bridgehead atoms. The predicted molar refractivity (Wildman–Crippen MR) is 226 cm³/mol. The van der Waals surface area contributed by atoms with Crippen molar-refractivity contribution in [2.24, 2.45) is 0 Å². The van der Waals surface area contributed by atoms with Gasteiger partial charge in [-0.05, 0) is 137 Å². The molecule has 0 fully saturated rings. The first-order valence-electron chi connectivity index (χ1n) is 19.4. The van der Waals surface area contributed by atoms with Crippen molar-refractivity contribution in [3.05, 3.63) is 169 Å². The number of allylic oxidation sites excluding steroid dienone is 7. The van der Waals surface area contributed by atoms with Crippen molar-refractivity contribution in [3.63, 3.8) is 0 Å². The molecule has 4 aliphatic carbocycles. The second kappa shape index (κ2) is 11.1. The maximum Gasteiger partial charge on any atom is 0.130 e. The zero-order chi connectivity index (χ0) is 35.5. The van der Waals surface area contributed by atoms with Gasteiger partial charge in [-0.2, -0.15) is 0 Å². The van der Waals surface area contributed by atoms with Gasteiger partial charge in [-0.3, -0.25) is 0 Å². The van der Waals surface area contributed by atoms with Crippen molar-refractivity contribution in [2.45, 2.75) is 44.1 Å². The molecule has 258 valence electrons. The largest absolute Gasteiger partial charge is 0.485 e. The standard InChI is InChI=1S/C51H38N2O/c1-51-29-10-9-26-46(51)54-45-25-13-24-44(50(45)51)53(35-27-28-42-40(31-35)37-19-7-8-22-41(37)52(42)34-16-3-2-4-17-34)43-23-12-21-39-48(43)38-20-11-15-33-30-32-14-5-6-18-36(32)49(39)47(33)38/h3,5-6,8-18,20-31,46H,2,4,7,19H2,1H3. The zero-order valence-electron chi connectivity index (χ0n) is 30.2. The molecule has 3 heteroatoms. The maximum atomic E-state index is 6.74. The van der Waals surface area contributed by atoms with Crippen LogP contribution in [0.25, 0.3) is 66.5 Å². The molecular formula is C51H38N2O. The molecule has 0 spiro atoms. The minimum absolute atomic E-state index is 0.0569. The summed E-state index contributed by atoms with van der Waals surface area (Å²) < 4.78 is 9.23. The highest BCUT2D eigenvalue weighted by Gasteiger charge is 2.46. The SMILES string of the molecule is CC12C=CC=CC1Oc1cccc(N(c3ccc4c(c3)c3c(n4C4=CCCC=C4)C=CCC3)c3cccc4c3-c3cccc5cc6ccccc6c-4c35)c12. The van der Waals surface area contributed by atoms with E-state index in [1.54, 1.807) is 0 Å². The Hall–Kier alpha value is -6.32. The van der Waals surface area contributed by atoms with Crippen molar-refractivity contribution < 1.29 is 4.74 Å². The van der Waals surface area contributed by atoms with Crippen LogP contribution in [0.15, 0.2) is 152 Å². The molecule has 2 heterocycles. The van der Waals surface area contributed by atoms with Crippen LogP contribution >= 0.6 is 0 Å². The number of benzene rings is 6. The van der Waals surface area contributed by atoms with E-state index in [-0.39, 0.29) is 11.5 Å². The zero-order valence-corrected chi connectivity index (χ0v) is 30.2. The van der Waals surface area contributed by atoms with Gasteiger partial charge in [0.25, 0.3) is 0 Å². The van der Waals surface area contributed by atoms with Crippen LogP contribution in [0.1, 0.15) is 43.0 Å². The van der Waals surface area contributed by atoms with Crippen LogP contribution in [-0.4, -0.2) is 10.7 Å². The van der Waals surface area contributed by atoms with Crippen LogP contribution < -0.4 is 9.64 Å². The van der Waals surface area contributed by atoms with Crippen LogP contribution in [0.5, 0.6) is 5.75 Å². The minimum Gasteiger partial charge on any atom is -0.485 e. The number of ether oxygens (including phenoxy) is 1. The smallest absolute Gasteiger partial charge is 0.130 e. The van der Waals surface area contributed by atoms with Gasteiger partial charge in [0, 0.05) is 33.6 Å². The Balaban J connectivity index is 1.16. The summed E-state index contributed by atoms with van der Waals surface area (Å²) >= 11 is 0. The molecule has 3 nitrogen and oxygen atoms in total. The fourth-order valence-electron chi connectivity index (χ4n) is 10.2. The van der Waals surface area contributed by atoms with Crippen LogP contribution in [0.2, 0.25) is 0 Å². The van der Waals surface area contributed by atoms with Gasteiger partial charge in [0.15, 0.2) is 0 Å². The van der Waals surface area contributed by atoms with Crippen LogP contribution in [-0.2, 0) is 11.8 Å². The maximum absolute atomic E-state index is 6.74. The Morgan fingerprint density at radius 3 is 2.52 bits per heavy atom. The van der Waals surface area contributed by atoms with E-state index < -0.39 is 0 Å². The lowest BCUT2D eigenvalue weighted by Gasteiger charge is -2.34. The second-order valence-corrected chi connectivity index (χ2v) is 15.6. The van der Waals surface area contributed by atoms with E-state index in [0.717, 1.165) is 42.8 Å². The van der Waals surface area contributed by atoms with Crippen molar-refractivity contribution >= 4 is 61.3 Å². The Morgan fingerprint density at radius 1 is 0.722 bits per heavy atom. The molecule has 6 aromatic carbocycles. The third-order valence-electron chi connectivity index (χ3n) is 12.6. The first-order chi connectivity index (χ1) is 26.7. The van der Waals surface area contributed by atoms with E-state index in [1.165, 1.54) is 82.9 Å². The quantitative estimate of drug-likeness (QED) is 0.171. The highest BCUT2D eigenvalue weighted by Crippen LogP contribution is 2.58. The van der Waals surface area contributed by atoms with E-state index in [0.29, 0.717) is 0 Å². The van der Waals surface area contributed by atoms with Gasteiger partial charge < -0.3 is 14.2 Å². The number of aromatic nitrogens is 1. The summed E-state index contributed by atoms with van der Waals surface area (Å²) in [5, 5.41) is 6.53. The average Bonchev–Trinajstić information content (AvgIpc) is 3.85. The fraction of sp³-hybridized carbons (Fsp3) is 0.137. The molecule has 0 N–H and O–H groups in total. The normalized spacial score (nSPS) is 19.9. The summed E-state index contributed by atoms with van der Waals surface area (Å²) in [4.78, 5) is 2.55. The third-order valence-corrected chi connectivity index (χ3v) is 12.6. The molecule has 7 aromatic rings. The molecule has 0 saturated heterocycles. The topological polar surface area (TPSA) is 17.4 Å². The highest BCUT2D eigenvalue weighted by atomic mass is 16.5. The van der Waals surface area contributed by atoms with Gasteiger partial charge in [-0.15, -0.1) is 0 Å². The van der Waals surface area contributed by atoms with Crippen molar-refractivity contribution in [1.82, 2.24) is 4.57 Å². The summed E-state index contributed by atoms with van der Waals surface area (Å²) in [6, 6.07) is 38.8. The lowest BCUT2D eigenvalue weighted by Crippen LogP contribution is -2.33. The summed E-state index contributed by atoms with van der Waals surface area (Å²) in [6.45, 7) is 2.33. The molecule has 0 saturated carbocycles. The van der Waals surface area contributed by atoms with Crippen molar-refractivity contribution in [1.29, 1.82) is 0 Å². The molecule has 0 radical (unpaired) electrons. The fourth-order valence-corrected chi connectivity index (χ4v) is 10.2. The molecule has 12 rings (SSSR count). The number of rotatable bonds is 4. The van der Waals surface area contributed by atoms with Crippen LogP contribution in [0, 0.1) is 0 Å². The van der Waals surface area contributed by atoms with Gasteiger partial charge in [-0.1, -0.05) is 97.1 Å². The molecule has 54 heavy (non-hydrogen) atoms. The first-order valence-corrected chi connectivity index (χ1v) is 19.4. The van der Waals surface area contributed by atoms with E-state index in [4.69, 9.17) is 4.74 Å². The van der Waals surface area contributed by atoms with E-state index in [2.05, 4.69) is 174 Å². The van der Waals surface area contributed by atoms with E-state index >= 15 is 0 Å². The van der Waals surface area contributed by atoms with Gasteiger partial charge >= 0.3 is 0 Å². The number of hydrogen-bond donors (Lipinski definition) is 0. The Morgan fingerprint density at radius 2 is 1.57 bits per heavy atom. The molecule has 5 aliphatic rings. The number of aryl methyl sites for hydroxylation is 1. The molecule has 2 atom stereocenters. The summed E-state index contributed by atoms with van der Waals surface area (Å²) in [5.41, 5.74) is 14.9. The number of hydrogen-bond acceptors (Lipinski definition) is 2. The number of fused-ring (bicyclic) bond motifs is 11. The molecule has 1 aromatic heterocycles. The van der Waals surface area contributed by atoms with Crippen LogP contribution in [0.3, 0.4) is 0 Å². The van der Waals surface area contributed by atoms with Crippen LogP contribution in [0.4, 0.5) is 17.1 Å².